The number of nitrogens with zero attached hydrogens (tertiary/aromatic N) is 1. The highest BCUT2D eigenvalue weighted by Crippen LogP contribution is 2.08. The maximum absolute atomic E-state index is 11.2. The van der Waals surface area contributed by atoms with Crippen LogP contribution in [0.5, 0.6) is 0 Å². The van der Waals surface area contributed by atoms with Gasteiger partial charge >= 0.3 is 0 Å². The Hall–Kier alpha value is -1.08. The molecule has 1 aliphatic carbocycles. The smallest absolute Gasteiger partial charge is 0.211 e. The zero-order valence-electron chi connectivity index (χ0n) is 11.6. The number of hydrogen-bond acceptors (Lipinski definition) is 3. The molecule has 0 aromatic heterocycles. The van der Waals surface area contributed by atoms with Gasteiger partial charge in [0.2, 0.25) is 10.0 Å². The Morgan fingerprint density at radius 3 is 2.58 bits per heavy atom. The summed E-state index contributed by atoms with van der Waals surface area (Å²) in [6.07, 6.45) is 6.31. The van der Waals surface area contributed by atoms with Crippen molar-refractivity contribution < 1.29 is 8.42 Å². The minimum absolute atomic E-state index is 0.1000. The largest absolute Gasteiger partial charge is 0.357 e. The van der Waals surface area contributed by atoms with E-state index in [1.54, 1.807) is 6.92 Å². The molecule has 0 saturated carbocycles. The van der Waals surface area contributed by atoms with Gasteiger partial charge in [-0.05, 0) is 26.7 Å². The second kappa shape index (κ2) is 8.16. The molecule has 0 heterocycles. The minimum Gasteiger partial charge on any atom is -0.357 e. The average molecular weight is 288 g/mol. The summed E-state index contributed by atoms with van der Waals surface area (Å²) in [6, 6.07) is 0.394. The lowest BCUT2D eigenvalue weighted by molar-refractivity contribution is 0.583. The van der Waals surface area contributed by atoms with Gasteiger partial charge in [0.05, 0.1) is 12.3 Å². The Morgan fingerprint density at radius 1 is 1.32 bits per heavy atom. The maximum Gasteiger partial charge on any atom is 0.211 e. The third-order valence-electron chi connectivity index (χ3n) is 2.78. The molecule has 0 atom stereocenters. The number of sulfonamides is 1. The van der Waals surface area contributed by atoms with Crippen molar-refractivity contribution in [2.24, 2.45) is 4.99 Å². The third-order valence-corrected chi connectivity index (χ3v) is 4.18. The highest BCUT2D eigenvalue weighted by atomic mass is 32.2. The summed E-state index contributed by atoms with van der Waals surface area (Å²) < 4.78 is 25.0. The van der Waals surface area contributed by atoms with Crippen LogP contribution in [0.15, 0.2) is 17.1 Å². The molecule has 0 aliphatic heterocycles. The molecule has 6 nitrogen and oxygen atoms in total. The first kappa shape index (κ1) is 16.0. The highest BCUT2D eigenvalue weighted by molar-refractivity contribution is 7.89. The molecule has 0 unspecified atom stereocenters. The summed E-state index contributed by atoms with van der Waals surface area (Å²) in [7, 11) is -3.12. The van der Waals surface area contributed by atoms with Gasteiger partial charge in [0, 0.05) is 19.1 Å². The number of hydrogen-bond donors (Lipinski definition) is 3. The van der Waals surface area contributed by atoms with Crippen molar-refractivity contribution in [3.63, 3.8) is 0 Å². The Morgan fingerprint density at radius 2 is 2.00 bits per heavy atom. The van der Waals surface area contributed by atoms with Crippen molar-refractivity contribution in [3.8, 4) is 0 Å². The van der Waals surface area contributed by atoms with Gasteiger partial charge in [0.25, 0.3) is 0 Å². The molecule has 3 N–H and O–H groups in total. The van der Waals surface area contributed by atoms with Crippen LogP contribution in [0.3, 0.4) is 0 Å². The molecule has 0 fully saturated rings. The van der Waals surface area contributed by atoms with Crippen molar-refractivity contribution in [1.29, 1.82) is 0 Å². The molecule has 19 heavy (non-hydrogen) atoms. The molecule has 7 heteroatoms. The lowest BCUT2D eigenvalue weighted by atomic mass is 10.2. The average Bonchev–Trinajstić information content (AvgIpc) is 2.87. The van der Waals surface area contributed by atoms with Gasteiger partial charge in [-0.15, -0.1) is 0 Å². The van der Waals surface area contributed by atoms with Gasteiger partial charge in [-0.2, -0.15) is 0 Å². The predicted molar refractivity (Wildman–Crippen MR) is 78.7 cm³/mol. The fraction of sp³-hybridized carbons (Fsp3) is 0.750. The molecular formula is C12H24N4O2S. The van der Waals surface area contributed by atoms with Crippen molar-refractivity contribution >= 4 is 16.0 Å². The maximum atomic E-state index is 11.2. The summed E-state index contributed by atoms with van der Waals surface area (Å²) in [5, 5.41) is 6.48. The summed E-state index contributed by atoms with van der Waals surface area (Å²) in [5.74, 6) is 0.842. The van der Waals surface area contributed by atoms with E-state index < -0.39 is 10.0 Å². The Kier molecular flexibility index (Phi) is 6.86. The SMILES string of the molecule is CCNC(=NCCNS(=O)(=O)CC)NC1CC=CC1. The van der Waals surface area contributed by atoms with Gasteiger partial charge in [0.15, 0.2) is 5.96 Å². The molecule has 0 amide bonds. The summed E-state index contributed by atoms with van der Waals surface area (Å²) >= 11 is 0. The fourth-order valence-corrected chi connectivity index (χ4v) is 2.33. The van der Waals surface area contributed by atoms with E-state index in [0.29, 0.717) is 19.1 Å². The highest BCUT2D eigenvalue weighted by Gasteiger charge is 2.11. The molecule has 0 spiro atoms. The molecule has 110 valence electrons. The Balaban J connectivity index is 2.35. The molecule has 0 bridgehead atoms. The topological polar surface area (TPSA) is 82.6 Å². The van der Waals surface area contributed by atoms with Crippen LogP contribution in [0, 0.1) is 0 Å². The second-order valence-electron chi connectivity index (χ2n) is 4.34. The van der Waals surface area contributed by atoms with Crippen molar-refractivity contribution in [2.45, 2.75) is 32.7 Å². The standard InChI is InChI=1S/C12H24N4O2S/c1-3-13-12(16-11-7-5-6-8-11)14-9-10-15-19(17,18)4-2/h5-6,11,15H,3-4,7-10H2,1-2H3,(H2,13,14,16). The van der Waals surface area contributed by atoms with Crippen molar-refractivity contribution in [1.82, 2.24) is 15.4 Å². The van der Waals surface area contributed by atoms with E-state index in [1.807, 2.05) is 6.92 Å². The van der Waals surface area contributed by atoms with Crippen molar-refractivity contribution in [2.75, 3.05) is 25.4 Å². The van der Waals surface area contributed by atoms with Crippen LogP contribution < -0.4 is 15.4 Å². The first-order chi connectivity index (χ1) is 9.07. The third kappa shape index (κ3) is 6.58. The quantitative estimate of drug-likeness (QED) is 0.270. The molecule has 1 rings (SSSR count). The van der Waals surface area contributed by atoms with E-state index in [0.717, 1.165) is 25.3 Å². The summed E-state index contributed by atoms with van der Waals surface area (Å²) in [5.41, 5.74) is 0. The van der Waals surface area contributed by atoms with Crippen LogP contribution >= 0.6 is 0 Å². The monoisotopic (exact) mass is 288 g/mol. The first-order valence-corrected chi connectivity index (χ1v) is 8.39. The van der Waals surface area contributed by atoms with Gasteiger partial charge in [-0.3, -0.25) is 4.99 Å². The lowest BCUT2D eigenvalue weighted by Crippen LogP contribution is -2.43. The number of nitrogens with one attached hydrogen (secondary N) is 3. The van der Waals surface area contributed by atoms with Crippen LogP contribution in [0.25, 0.3) is 0 Å². The van der Waals surface area contributed by atoms with Crippen molar-refractivity contribution in [3.05, 3.63) is 12.2 Å². The zero-order valence-corrected chi connectivity index (χ0v) is 12.5. The van der Waals surface area contributed by atoms with Gasteiger partial charge in [0.1, 0.15) is 0 Å². The van der Waals surface area contributed by atoms with Crippen LogP contribution in [0.2, 0.25) is 0 Å². The number of aliphatic imine (C=N–C) groups is 1. The normalized spacial score (nSPS) is 16.8. The summed E-state index contributed by atoms with van der Waals surface area (Å²) in [6.45, 7) is 5.16. The Bertz CT molecular complexity index is 409. The van der Waals surface area contributed by atoms with E-state index in [-0.39, 0.29) is 5.75 Å². The number of rotatable bonds is 7. The lowest BCUT2D eigenvalue weighted by Gasteiger charge is -2.16. The summed E-state index contributed by atoms with van der Waals surface area (Å²) in [4.78, 5) is 4.35. The molecule has 1 aliphatic rings. The fourth-order valence-electron chi connectivity index (χ4n) is 1.72. The molecule has 0 aromatic carbocycles. The second-order valence-corrected chi connectivity index (χ2v) is 6.44. The van der Waals surface area contributed by atoms with Gasteiger partial charge < -0.3 is 10.6 Å². The molecule has 0 aromatic rings. The van der Waals surface area contributed by atoms with E-state index in [4.69, 9.17) is 0 Å². The van der Waals surface area contributed by atoms with Crippen LogP contribution in [-0.4, -0.2) is 45.8 Å². The zero-order chi connectivity index (χ0) is 14.1. The van der Waals surface area contributed by atoms with E-state index in [2.05, 4.69) is 32.5 Å². The van der Waals surface area contributed by atoms with E-state index >= 15 is 0 Å². The Labute approximate surface area is 115 Å². The van der Waals surface area contributed by atoms with Gasteiger partial charge in [-0.25, -0.2) is 13.1 Å². The van der Waals surface area contributed by atoms with Crippen LogP contribution in [-0.2, 0) is 10.0 Å². The van der Waals surface area contributed by atoms with Crippen LogP contribution in [0.4, 0.5) is 0 Å². The number of guanidine groups is 1. The van der Waals surface area contributed by atoms with Gasteiger partial charge in [-0.1, -0.05) is 12.2 Å². The van der Waals surface area contributed by atoms with E-state index in [1.165, 1.54) is 0 Å². The minimum atomic E-state index is -3.12. The van der Waals surface area contributed by atoms with E-state index in [9.17, 15) is 8.42 Å². The predicted octanol–water partition coefficient (Wildman–Crippen LogP) is 0.199. The molecular weight excluding hydrogens is 264 g/mol. The van der Waals surface area contributed by atoms with Crippen LogP contribution in [0.1, 0.15) is 26.7 Å². The first-order valence-electron chi connectivity index (χ1n) is 6.74. The molecule has 0 saturated heterocycles. The molecule has 0 radical (unpaired) electrons.